The van der Waals surface area contributed by atoms with Crippen LogP contribution in [0.3, 0.4) is 0 Å². The summed E-state index contributed by atoms with van der Waals surface area (Å²) >= 11 is 1.52. The van der Waals surface area contributed by atoms with E-state index < -0.39 is 10.0 Å². The lowest BCUT2D eigenvalue weighted by atomic mass is 10.4. The minimum atomic E-state index is -3.60. The molecule has 3 heterocycles. The maximum absolute atomic E-state index is 12.0. The van der Waals surface area contributed by atoms with Gasteiger partial charge in [-0.25, -0.2) is 18.1 Å². The Labute approximate surface area is 125 Å². The van der Waals surface area contributed by atoms with Crippen molar-refractivity contribution in [1.29, 1.82) is 0 Å². The highest BCUT2D eigenvalue weighted by molar-refractivity contribution is 7.89. The van der Waals surface area contributed by atoms with Crippen LogP contribution in [-0.2, 0) is 16.6 Å². The molecule has 9 heteroatoms. The topological polar surface area (TPSA) is 101 Å². The van der Waals surface area contributed by atoms with E-state index in [4.69, 9.17) is 0 Å². The first-order chi connectivity index (χ1) is 10.1. The average Bonchev–Trinajstić information content (AvgIpc) is 3.17. The number of rotatable bonds is 5. The number of hydrogen-bond acceptors (Lipinski definition) is 6. The van der Waals surface area contributed by atoms with Crippen molar-refractivity contribution < 1.29 is 8.42 Å². The van der Waals surface area contributed by atoms with Crippen molar-refractivity contribution in [2.45, 2.75) is 11.4 Å². The van der Waals surface area contributed by atoms with Crippen LogP contribution in [-0.4, -0.2) is 28.6 Å². The molecule has 0 spiro atoms. The van der Waals surface area contributed by atoms with Gasteiger partial charge in [-0.1, -0.05) is 6.07 Å². The lowest BCUT2D eigenvalue weighted by Gasteiger charge is -2.03. The average molecular weight is 321 g/mol. The number of H-pyrrole nitrogens is 1. The predicted molar refractivity (Wildman–Crippen MR) is 78.0 cm³/mol. The van der Waals surface area contributed by atoms with Crippen molar-refractivity contribution in [3.8, 4) is 10.7 Å². The highest BCUT2D eigenvalue weighted by atomic mass is 32.2. The van der Waals surface area contributed by atoms with Crippen molar-refractivity contribution in [2.24, 2.45) is 0 Å². The molecule has 3 aromatic rings. The van der Waals surface area contributed by atoms with Gasteiger partial charge in [-0.05, 0) is 23.6 Å². The first kappa shape index (κ1) is 13.9. The van der Waals surface area contributed by atoms with E-state index in [1.165, 1.54) is 29.8 Å². The fourth-order valence-corrected chi connectivity index (χ4v) is 3.25. The summed E-state index contributed by atoms with van der Waals surface area (Å²) < 4.78 is 26.5. The molecule has 0 aliphatic heterocycles. The Bertz CT molecular complexity index is 812. The SMILES string of the molecule is O=S(=O)(NCc1nc(-c2cccs2)n[nH]1)c1cccnc1. The molecule has 3 rings (SSSR count). The lowest BCUT2D eigenvalue weighted by Crippen LogP contribution is -2.23. The Hall–Kier alpha value is -2.10. The van der Waals surface area contributed by atoms with Gasteiger partial charge in [-0.15, -0.1) is 11.3 Å². The van der Waals surface area contributed by atoms with Crippen LogP contribution in [0.5, 0.6) is 0 Å². The summed E-state index contributed by atoms with van der Waals surface area (Å²) in [6.07, 6.45) is 2.81. The minimum absolute atomic E-state index is 0.0373. The number of nitrogens with one attached hydrogen (secondary N) is 2. The molecule has 0 radical (unpaired) electrons. The second-order valence-electron chi connectivity index (χ2n) is 4.10. The van der Waals surface area contributed by atoms with Gasteiger partial charge in [0.1, 0.15) is 10.7 Å². The van der Waals surface area contributed by atoms with E-state index >= 15 is 0 Å². The number of pyridine rings is 1. The van der Waals surface area contributed by atoms with Crippen molar-refractivity contribution >= 4 is 21.4 Å². The van der Waals surface area contributed by atoms with Crippen LogP contribution < -0.4 is 4.72 Å². The van der Waals surface area contributed by atoms with Crippen LogP contribution in [0.25, 0.3) is 10.7 Å². The van der Waals surface area contributed by atoms with Crippen molar-refractivity contribution in [2.75, 3.05) is 0 Å². The standard InChI is InChI=1S/C12H11N5O2S2/c18-21(19,9-3-1-5-13-7-9)14-8-11-15-12(17-16-11)10-4-2-6-20-10/h1-7,14H,8H2,(H,15,16,17). The third-order valence-corrected chi connectivity index (χ3v) is 4.90. The Balaban J connectivity index is 1.71. The van der Waals surface area contributed by atoms with Crippen molar-refractivity contribution in [3.05, 3.63) is 47.9 Å². The van der Waals surface area contributed by atoms with E-state index in [1.54, 1.807) is 6.07 Å². The van der Waals surface area contributed by atoms with Crippen LogP contribution in [0.1, 0.15) is 5.82 Å². The third-order valence-electron chi connectivity index (χ3n) is 2.65. The first-order valence-electron chi connectivity index (χ1n) is 6.00. The molecule has 0 saturated carbocycles. The summed E-state index contributed by atoms with van der Waals surface area (Å²) in [5, 5.41) is 8.71. The van der Waals surface area contributed by atoms with Gasteiger partial charge in [0.05, 0.1) is 11.4 Å². The van der Waals surface area contributed by atoms with Crippen LogP contribution in [0, 0.1) is 0 Å². The van der Waals surface area contributed by atoms with Crippen LogP contribution >= 0.6 is 11.3 Å². The summed E-state index contributed by atoms with van der Waals surface area (Å²) in [5.41, 5.74) is 0. The molecule has 0 saturated heterocycles. The van der Waals surface area contributed by atoms with Gasteiger partial charge in [-0.3, -0.25) is 10.1 Å². The Morgan fingerprint density at radius 1 is 1.29 bits per heavy atom. The molecular weight excluding hydrogens is 310 g/mol. The minimum Gasteiger partial charge on any atom is -0.263 e. The highest BCUT2D eigenvalue weighted by Crippen LogP contribution is 2.20. The quantitative estimate of drug-likeness (QED) is 0.740. The van der Waals surface area contributed by atoms with E-state index in [-0.39, 0.29) is 11.4 Å². The molecule has 0 aromatic carbocycles. The van der Waals surface area contributed by atoms with Crippen LogP contribution in [0.2, 0.25) is 0 Å². The van der Waals surface area contributed by atoms with Gasteiger partial charge in [0, 0.05) is 12.4 Å². The molecule has 7 nitrogen and oxygen atoms in total. The van der Waals surface area contributed by atoms with Crippen molar-refractivity contribution in [1.82, 2.24) is 24.9 Å². The lowest BCUT2D eigenvalue weighted by molar-refractivity contribution is 0.579. The normalized spacial score (nSPS) is 11.6. The Morgan fingerprint density at radius 2 is 2.19 bits per heavy atom. The fourth-order valence-electron chi connectivity index (χ4n) is 1.64. The number of thiophene rings is 1. The Morgan fingerprint density at radius 3 is 2.90 bits per heavy atom. The molecule has 108 valence electrons. The fraction of sp³-hybridized carbons (Fsp3) is 0.0833. The molecule has 0 fully saturated rings. The zero-order valence-corrected chi connectivity index (χ0v) is 12.4. The second-order valence-corrected chi connectivity index (χ2v) is 6.81. The van der Waals surface area contributed by atoms with Gasteiger partial charge >= 0.3 is 0 Å². The van der Waals surface area contributed by atoms with Gasteiger partial charge in [-0.2, -0.15) is 5.10 Å². The summed E-state index contributed by atoms with van der Waals surface area (Å²) in [6, 6.07) is 6.85. The van der Waals surface area contributed by atoms with Crippen LogP contribution in [0.4, 0.5) is 0 Å². The largest absolute Gasteiger partial charge is 0.263 e. The van der Waals surface area contributed by atoms with E-state index in [0.717, 1.165) is 4.88 Å². The van der Waals surface area contributed by atoms with Crippen molar-refractivity contribution in [3.63, 3.8) is 0 Å². The second kappa shape index (κ2) is 5.72. The summed E-state index contributed by atoms with van der Waals surface area (Å²) in [7, 11) is -3.60. The maximum Gasteiger partial charge on any atom is 0.242 e. The monoisotopic (exact) mass is 321 g/mol. The van der Waals surface area contributed by atoms with Gasteiger partial charge in [0.25, 0.3) is 0 Å². The molecule has 0 unspecified atom stereocenters. The van der Waals surface area contributed by atoms with Gasteiger partial charge < -0.3 is 0 Å². The number of nitrogens with zero attached hydrogens (tertiary/aromatic N) is 3. The summed E-state index contributed by atoms with van der Waals surface area (Å²) in [4.78, 5) is 9.08. The molecule has 0 bridgehead atoms. The molecule has 21 heavy (non-hydrogen) atoms. The zero-order valence-electron chi connectivity index (χ0n) is 10.7. The Kier molecular flexibility index (Phi) is 3.78. The summed E-state index contributed by atoms with van der Waals surface area (Å²) in [6.45, 7) is 0.0373. The van der Waals surface area contributed by atoms with E-state index in [1.807, 2.05) is 17.5 Å². The van der Waals surface area contributed by atoms with Gasteiger partial charge in [0.2, 0.25) is 10.0 Å². The molecular formula is C12H11N5O2S2. The molecule has 2 N–H and O–H groups in total. The van der Waals surface area contributed by atoms with Gasteiger partial charge in [0.15, 0.2) is 5.82 Å². The third kappa shape index (κ3) is 3.15. The van der Waals surface area contributed by atoms with Crippen LogP contribution in [0.15, 0.2) is 46.9 Å². The zero-order chi connectivity index (χ0) is 14.7. The van der Waals surface area contributed by atoms with E-state index in [9.17, 15) is 8.42 Å². The maximum atomic E-state index is 12.0. The van der Waals surface area contributed by atoms with E-state index in [0.29, 0.717) is 11.6 Å². The number of aromatic amines is 1. The molecule has 3 aromatic heterocycles. The molecule has 0 atom stereocenters. The molecule has 0 aliphatic carbocycles. The predicted octanol–water partition coefficient (Wildman–Crippen LogP) is 1.41. The molecule has 0 aliphatic rings. The smallest absolute Gasteiger partial charge is 0.242 e. The van der Waals surface area contributed by atoms with E-state index in [2.05, 4.69) is 24.9 Å². The first-order valence-corrected chi connectivity index (χ1v) is 8.36. The number of aromatic nitrogens is 4. The number of hydrogen-bond donors (Lipinski definition) is 2. The highest BCUT2D eigenvalue weighted by Gasteiger charge is 2.15. The number of sulfonamides is 1. The molecule has 0 amide bonds. The summed E-state index contributed by atoms with van der Waals surface area (Å²) in [5.74, 6) is 1.01.